The fourth-order valence-electron chi connectivity index (χ4n) is 1.71. The van der Waals surface area contributed by atoms with E-state index in [4.69, 9.17) is 4.74 Å². The first-order chi connectivity index (χ1) is 10.1. The first-order valence-electron chi connectivity index (χ1n) is 6.66. The van der Waals surface area contributed by atoms with Gasteiger partial charge in [0.1, 0.15) is 5.75 Å². The van der Waals surface area contributed by atoms with Crippen molar-refractivity contribution in [2.75, 3.05) is 0 Å². The van der Waals surface area contributed by atoms with E-state index < -0.39 is 4.92 Å². The lowest BCUT2D eigenvalue weighted by atomic mass is 10.2. The third-order valence-corrected chi connectivity index (χ3v) is 2.81. The van der Waals surface area contributed by atoms with Crippen LogP contribution in [-0.4, -0.2) is 15.9 Å². The summed E-state index contributed by atoms with van der Waals surface area (Å²) in [6.07, 6.45) is 1.65. The summed E-state index contributed by atoms with van der Waals surface area (Å²) in [5.74, 6) is 1.02. The van der Waals surface area contributed by atoms with Gasteiger partial charge in [0, 0.05) is 36.5 Å². The minimum absolute atomic E-state index is 0.0325. The number of non-ortho nitro benzene ring substituents is 1. The molecule has 0 atom stereocenters. The normalized spacial score (nSPS) is 10.6. The zero-order chi connectivity index (χ0) is 15.2. The summed E-state index contributed by atoms with van der Waals surface area (Å²) in [6, 6.07) is 10.1. The van der Waals surface area contributed by atoms with E-state index in [1.54, 1.807) is 18.3 Å². The Bertz CT molecular complexity index is 612. The minimum atomic E-state index is -0.442. The van der Waals surface area contributed by atoms with Crippen LogP contribution in [0.2, 0.25) is 0 Å². The van der Waals surface area contributed by atoms with Crippen molar-refractivity contribution in [1.29, 1.82) is 0 Å². The van der Waals surface area contributed by atoms with E-state index in [1.165, 1.54) is 12.1 Å². The van der Waals surface area contributed by atoms with Crippen LogP contribution in [0.1, 0.15) is 19.4 Å². The zero-order valence-corrected chi connectivity index (χ0v) is 11.9. The second kappa shape index (κ2) is 6.81. The molecule has 1 N–H and O–H groups in total. The lowest BCUT2D eigenvalue weighted by molar-refractivity contribution is -0.384. The fraction of sp³-hybridized carbons (Fsp3) is 0.267. The number of benzene rings is 1. The summed E-state index contributed by atoms with van der Waals surface area (Å²) in [7, 11) is 0. The molecule has 6 heteroatoms. The molecular weight excluding hydrogens is 270 g/mol. The van der Waals surface area contributed by atoms with Gasteiger partial charge < -0.3 is 10.1 Å². The SMILES string of the molecule is CC(C)NCc1cccnc1Oc1ccc([N+](=O)[O-])cc1. The molecule has 0 fully saturated rings. The molecule has 0 aliphatic heterocycles. The molecule has 0 spiro atoms. The molecule has 0 saturated heterocycles. The summed E-state index contributed by atoms with van der Waals surface area (Å²) in [5.41, 5.74) is 0.967. The van der Waals surface area contributed by atoms with E-state index in [0.717, 1.165) is 5.56 Å². The minimum Gasteiger partial charge on any atom is -0.439 e. The molecule has 1 heterocycles. The van der Waals surface area contributed by atoms with Crippen LogP contribution in [-0.2, 0) is 6.54 Å². The Morgan fingerprint density at radius 3 is 2.62 bits per heavy atom. The van der Waals surface area contributed by atoms with Gasteiger partial charge in [0.05, 0.1) is 4.92 Å². The molecule has 2 rings (SSSR count). The molecule has 0 amide bonds. The lowest BCUT2D eigenvalue weighted by Crippen LogP contribution is -2.22. The van der Waals surface area contributed by atoms with E-state index in [2.05, 4.69) is 24.1 Å². The van der Waals surface area contributed by atoms with Crippen molar-refractivity contribution in [2.45, 2.75) is 26.4 Å². The Hall–Kier alpha value is -2.47. The lowest BCUT2D eigenvalue weighted by Gasteiger charge is -2.12. The first kappa shape index (κ1) is 14.9. The molecule has 1 aromatic carbocycles. The van der Waals surface area contributed by atoms with Crippen molar-refractivity contribution in [3.8, 4) is 11.6 Å². The zero-order valence-electron chi connectivity index (χ0n) is 11.9. The Kier molecular flexibility index (Phi) is 4.84. The van der Waals surface area contributed by atoms with Crippen molar-refractivity contribution < 1.29 is 9.66 Å². The van der Waals surface area contributed by atoms with Gasteiger partial charge in [-0.25, -0.2) is 4.98 Å². The number of aromatic nitrogens is 1. The van der Waals surface area contributed by atoms with Crippen LogP contribution in [0.3, 0.4) is 0 Å². The van der Waals surface area contributed by atoms with Gasteiger partial charge >= 0.3 is 0 Å². The fourth-order valence-corrected chi connectivity index (χ4v) is 1.71. The number of nitrogens with zero attached hydrogens (tertiary/aromatic N) is 2. The average Bonchev–Trinajstić information content (AvgIpc) is 2.47. The number of pyridine rings is 1. The van der Waals surface area contributed by atoms with Gasteiger partial charge in [-0.15, -0.1) is 0 Å². The van der Waals surface area contributed by atoms with E-state index >= 15 is 0 Å². The third kappa shape index (κ3) is 4.25. The summed E-state index contributed by atoms with van der Waals surface area (Å²) in [5, 5.41) is 13.9. The molecule has 0 aliphatic carbocycles. The number of ether oxygens (including phenoxy) is 1. The van der Waals surface area contributed by atoms with Gasteiger partial charge in [-0.1, -0.05) is 19.9 Å². The van der Waals surface area contributed by atoms with Crippen molar-refractivity contribution in [3.05, 3.63) is 58.3 Å². The topological polar surface area (TPSA) is 77.3 Å². The molecule has 110 valence electrons. The molecule has 21 heavy (non-hydrogen) atoms. The first-order valence-corrected chi connectivity index (χ1v) is 6.66. The van der Waals surface area contributed by atoms with Crippen LogP contribution in [0, 0.1) is 10.1 Å². The quantitative estimate of drug-likeness (QED) is 0.651. The van der Waals surface area contributed by atoms with Crippen molar-refractivity contribution >= 4 is 5.69 Å². The second-order valence-electron chi connectivity index (χ2n) is 4.86. The Morgan fingerprint density at radius 1 is 1.29 bits per heavy atom. The highest BCUT2D eigenvalue weighted by atomic mass is 16.6. The molecule has 0 unspecified atom stereocenters. The maximum absolute atomic E-state index is 10.6. The Balaban J connectivity index is 2.13. The average molecular weight is 287 g/mol. The summed E-state index contributed by atoms with van der Waals surface area (Å²) < 4.78 is 5.70. The number of hydrogen-bond acceptors (Lipinski definition) is 5. The van der Waals surface area contributed by atoms with E-state index in [-0.39, 0.29) is 5.69 Å². The van der Waals surface area contributed by atoms with Crippen LogP contribution in [0.4, 0.5) is 5.69 Å². The van der Waals surface area contributed by atoms with Crippen LogP contribution >= 0.6 is 0 Å². The third-order valence-electron chi connectivity index (χ3n) is 2.81. The van der Waals surface area contributed by atoms with Gasteiger partial charge in [-0.2, -0.15) is 0 Å². The highest BCUT2D eigenvalue weighted by Gasteiger charge is 2.09. The van der Waals surface area contributed by atoms with Gasteiger partial charge in [-0.05, 0) is 18.2 Å². The molecule has 6 nitrogen and oxygen atoms in total. The predicted octanol–water partition coefficient (Wildman–Crippen LogP) is 3.28. The van der Waals surface area contributed by atoms with Crippen molar-refractivity contribution in [2.24, 2.45) is 0 Å². The van der Waals surface area contributed by atoms with Crippen LogP contribution in [0.15, 0.2) is 42.6 Å². The standard InChI is InChI=1S/C15H17N3O3/c1-11(2)17-10-12-4-3-9-16-15(12)21-14-7-5-13(6-8-14)18(19)20/h3-9,11,17H,10H2,1-2H3. The summed E-state index contributed by atoms with van der Waals surface area (Å²) >= 11 is 0. The Labute approximate surface area is 122 Å². The van der Waals surface area contributed by atoms with Crippen LogP contribution < -0.4 is 10.1 Å². The largest absolute Gasteiger partial charge is 0.439 e. The number of hydrogen-bond donors (Lipinski definition) is 1. The van der Waals surface area contributed by atoms with Gasteiger partial charge in [0.2, 0.25) is 5.88 Å². The van der Waals surface area contributed by atoms with Crippen molar-refractivity contribution in [3.63, 3.8) is 0 Å². The second-order valence-corrected chi connectivity index (χ2v) is 4.86. The molecule has 1 aromatic heterocycles. The maximum atomic E-state index is 10.6. The van der Waals surface area contributed by atoms with E-state index in [1.807, 2.05) is 12.1 Å². The van der Waals surface area contributed by atoms with Gasteiger partial charge in [-0.3, -0.25) is 10.1 Å². The highest BCUT2D eigenvalue weighted by molar-refractivity contribution is 5.38. The Morgan fingerprint density at radius 2 is 2.00 bits per heavy atom. The van der Waals surface area contributed by atoms with Crippen LogP contribution in [0.5, 0.6) is 11.6 Å². The summed E-state index contributed by atoms with van der Waals surface area (Å²) in [4.78, 5) is 14.4. The molecular formula is C15H17N3O3. The highest BCUT2D eigenvalue weighted by Crippen LogP contribution is 2.24. The van der Waals surface area contributed by atoms with Crippen molar-refractivity contribution in [1.82, 2.24) is 10.3 Å². The predicted molar refractivity (Wildman–Crippen MR) is 79.4 cm³/mol. The number of nitro benzene ring substituents is 1. The van der Waals surface area contributed by atoms with Gasteiger partial charge in [0.25, 0.3) is 5.69 Å². The van der Waals surface area contributed by atoms with E-state index in [0.29, 0.717) is 24.2 Å². The smallest absolute Gasteiger partial charge is 0.269 e. The van der Waals surface area contributed by atoms with Crippen LogP contribution in [0.25, 0.3) is 0 Å². The number of nitro groups is 1. The summed E-state index contributed by atoms with van der Waals surface area (Å²) in [6.45, 7) is 4.77. The monoisotopic (exact) mass is 287 g/mol. The molecule has 0 aliphatic rings. The number of rotatable bonds is 6. The van der Waals surface area contributed by atoms with Gasteiger partial charge in [0.15, 0.2) is 0 Å². The molecule has 0 radical (unpaired) electrons. The molecule has 2 aromatic rings. The maximum Gasteiger partial charge on any atom is 0.269 e. The number of nitrogens with one attached hydrogen (secondary N) is 1. The van der Waals surface area contributed by atoms with E-state index in [9.17, 15) is 10.1 Å². The molecule has 0 saturated carbocycles. The molecule has 0 bridgehead atoms.